The summed E-state index contributed by atoms with van der Waals surface area (Å²) in [6, 6.07) is 0. The number of likely N-dealkylation sites (tertiary alicyclic amines) is 1. The van der Waals surface area contributed by atoms with Crippen molar-refractivity contribution in [1.82, 2.24) is 4.90 Å². The molecule has 2 heteroatoms. The minimum atomic E-state index is 0.314. The number of carbonyl (C=O) groups excluding carboxylic acids is 1. The molecule has 1 heterocycles. The molecule has 1 unspecified atom stereocenters. The molecule has 0 bridgehead atoms. The van der Waals surface area contributed by atoms with Crippen LogP contribution in [0.25, 0.3) is 0 Å². The van der Waals surface area contributed by atoms with Crippen LogP contribution in [0.4, 0.5) is 0 Å². The predicted octanol–water partition coefficient (Wildman–Crippen LogP) is 2.87. The van der Waals surface area contributed by atoms with Gasteiger partial charge in [-0.2, -0.15) is 0 Å². The second-order valence-electron chi connectivity index (χ2n) is 4.75. The highest BCUT2D eigenvalue weighted by atomic mass is 16.1. The van der Waals surface area contributed by atoms with Crippen molar-refractivity contribution in [3.05, 3.63) is 0 Å². The van der Waals surface area contributed by atoms with Gasteiger partial charge in [0.1, 0.15) is 6.29 Å². The molecule has 0 saturated carbocycles. The van der Waals surface area contributed by atoms with Crippen LogP contribution in [-0.4, -0.2) is 30.8 Å². The lowest BCUT2D eigenvalue weighted by molar-refractivity contribution is -0.112. The van der Waals surface area contributed by atoms with E-state index in [0.29, 0.717) is 5.92 Å². The fourth-order valence-electron chi connectivity index (χ4n) is 2.34. The number of hydrogen-bond acceptors (Lipinski definition) is 2. The monoisotopic (exact) mass is 211 g/mol. The first-order chi connectivity index (χ1) is 7.36. The molecule has 1 fully saturated rings. The number of piperidine rings is 1. The quantitative estimate of drug-likeness (QED) is 0.477. The van der Waals surface area contributed by atoms with E-state index in [1.807, 2.05) is 0 Å². The summed E-state index contributed by atoms with van der Waals surface area (Å²) in [6.45, 7) is 5.67. The standard InChI is InChI=1S/C13H25NO/c1-2-3-4-5-6-9-14-10-7-8-13(11-14)12-15/h12-13H,2-11H2,1H3. The van der Waals surface area contributed by atoms with Gasteiger partial charge < -0.3 is 9.69 Å². The number of unbranched alkanes of at least 4 members (excludes halogenated alkanes) is 4. The van der Waals surface area contributed by atoms with Crippen LogP contribution < -0.4 is 0 Å². The lowest BCUT2D eigenvalue weighted by Gasteiger charge is -2.29. The molecule has 0 radical (unpaired) electrons. The third-order valence-corrected chi connectivity index (χ3v) is 3.31. The molecule has 0 spiro atoms. The minimum Gasteiger partial charge on any atom is -0.303 e. The van der Waals surface area contributed by atoms with E-state index < -0.39 is 0 Å². The zero-order valence-electron chi connectivity index (χ0n) is 10.1. The van der Waals surface area contributed by atoms with E-state index in [0.717, 1.165) is 19.3 Å². The molecule has 0 aromatic rings. The Bertz CT molecular complexity index is 170. The SMILES string of the molecule is CCCCCCCN1CCCC(C=O)C1. The summed E-state index contributed by atoms with van der Waals surface area (Å²) in [5.41, 5.74) is 0. The van der Waals surface area contributed by atoms with Crippen molar-refractivity contribution in [2.24, 2.45) is 5.92 Å². The summed E-state index contributed by atoms with van der Waals surface area (Å²) in [5.74, 6) is 0.314. The molecule has 1 aliphatic rings. The van der Waals surface area contributed by atoms with E-state index in [2.05, 4.69) is 11.8 Å². The van der Waals surface area contributed by atoms with Crippen molar-refractivity contribution in [1.29, 1.82) is 0 Å². The van der Waals surface area contributed by atoms with Crippen molar-refractivity contribution >= 4 is 6.29 Å². The van der Waals surface area contributed by atoms with Gasteiger partial charge in [0, 0.05) is 12.5 Å². The van der Waals surface area contributed by atoms with Gasteiger partial charge in [0.25, 0.3) is 0 Å². The van der Waals surface area contributed by atoms with Crippen LogP contribution in [0.15, 0.2) is 0 Å². The highest BCUT2D eigenvalue weighted by molar-refractivity contribution is 5.53. The van der Waals surface area contributed by atoms with Crippen molar-refractivity contribution in [2.75, 3.05) is 19.6 Å². The van der Waals surface area contributed by atoms with Crippen LogP contribution in [0, 0.1) is 5.92 Å². The summed E-state index contributed by atoms with van der Waals surface area (Å²) >= 11 is 0. The summed E-state index contributed by atoms with van der Waals surface area (Å²) in [5, 5.41) is 0. The van der Waals surface area contributed by atoms with Gasteiger partial charge in [-0.1, -0.05) is 32.6 Å². The van der Waals surface area contributed by atoms with Crippen molar-refractivity contribution in [3.63, 3.8) is 0 Å². The van der Waals surface area contributed by atoms with Crippen LogP contribution in [0.2, 0.25) is 0 Å². The normalized spacial score (nSPS) is 22.9. The molecule has 0 amide bonds. The maximum atomic E-state index is 10.7. The molecule has 15 heavy (non-hydrogen) atoms. The van der Waals surface area contributed by atoms with Gasteiger partial charge in [-0.15, -0.1) is 0 Å². The molecule has 1 saturated heterocycles. The largest absolute Gasteiger partial charge is 0.303 e. The maximum absolute atomic E-state index is 10.7. The van der Waals surface area contributed by atoms with Gasteiger partial charge in [0.15, 0.2) is 0 Å². The van der Waals surface area contributed by atoms with Gasteiger partial charge in [-0.3, -0.25) is 0 Å². The maximum Gasteiger partial charge on any atom is 0.124 e. The van der Waals surface area contributed by atoms with Crippen LogP contribution in [0.1, 0.15) is 51.9 Å². The van der Waals surface area contributed by atoms with Gasteiger partial charge >= 0.3 is 0 Å². The van der Waals surface area contributed by atoms with Crippen LogP contribution >= 0.6 is 0 Å². The second-order valence-corrected chi connectivity index (χ2v) is 4.75. The summed E-state index contributed by atoms with van der Waals surface area (Å²) in [6.07, 6.45) is 10.2. The van der Waals surface area contributed by atoms with E-state index in [-0.39, 0.29) is 0 Å². The molecule has 0 N–H and O–H groups in total. The van der Waals surface area contributed by atoms with Crippen molar-refractivity contribution in [2.45, 2.75) is 51.9 Å². The molecular weight excluding hydrogens is 186 g/mol. The second kappa shape index (κ2) is 7.86. The van der Waals surface area contributed by atoms with Crippen LogP contribution in [0.5, 0.6) is 0 Å². The van der Waals surface area contributed by atoms with Gasteiger partial charge in [0.2, 0.25) is 0 Å². The van der Waals surface area contributed by atoms with Crippen LogP contribution in [-0.2, 0) is 4.79 Å². The molecule has 88 valence electrons. The fraction of sp³-hybridized carbons (Fsp3) is 0.923. The van der Waals surface area contributed by atoms with Gasteiger partial charge in [0.05, 0.1) is 0 Å². The van der Waals surface area contributed by atoms with E-state index in [1.165, 1.54) is 51.6 Å². The highest BCUT2D eigenvalue weighted by Crippen LogP contribution is 2.15. The number of hydrogen-bond donors (Lipinski definition) is 0. The lowest BCUT2D eigenvalue weighted by atomic mass is 9.99. The third-order valence-electron chi connectivity index (χ3n) is 3.31. The summed E-state index contributed by atoms with van der Waals surface area (Å²) in [7, 11) is 0. The molecule has 1 rings (SSSR count). The summed E-state index contributed by atoms with van der Waals surface area (Å²) < 4.78 is 0. The van der Waals surface area contributed by atoms with Crippen LogP contribution in [0.3, 0.4) is 0 Å². The summed E-state index contributed by atoms with van der Waals surface area (Å²) in [4.78, 5) is 13.2. The van der Waals surface area contributed by atoms with E-state index in [4.69, 9.17) is 0 Å². The Morgan fingerprint density at radius 1 is 1.27 bits per heavy atom. The van der Waals surface area contributed by atoms with Gasteiger partial charge in [-0.05, 0) is 32.4 Å². The fourth-order valence-corrected chi connectivity index (χ4v) is 2.34. The highest BCUT2D eigenvalue weighted by Gasteiger charge is 2.18. The Morgan fingerprint density at radius 3 is 2.80 bits per heavy atom. The Labute approximate surface area is 94.0 Å². The Balaban J connectivity index is 2.02. The first kappa shape index (κ1) is 12.7. The van der Waals surface area contributed by atoms with E-state index in [1.54, 1.807) is 0 Å². The topological polar surface area (TPSA) is 20.3 Å². The number of nitrogens with zero attached hydrogens (tertiary/aromatic N) is 1. The Morgan fingerprint density at radius 2 is 2.07 bits per heavy atom. The molecule has 1 atom stereocenters. The smallest absolute Gasteiger partial charge is 0.124 e. The molecular formula is C13H25NO. The van der Waals surface area contributed by atoms with Crippen molar-refractivity contribution in [3.8, 4) is 0 Å². The molecule has 0 aliphatic carbocycles. The van der Waals surface area contributed by atoms with Crippen molar-refractivity contribution < 1.29 is 4.79 Å². The average molecular weight is 211 g/mol. The Hall–Kier alpha value is -0.370. The zero-order chi connectivity index (χ0) is 10.9. The number of aldehydes is 1. The Kier molecular flexibility index (Phi) is 6.66. The lowest BCUT2D eigenvalue weighted by Crippen LogP contribution is -2.36. The molecule has 1 aliphatic heterocycles. The van der Waals surface area contributed by atoms with Gasteiger partial charge in [-0.25, -0.2) is 0 Å². The number of carbonyl (C=O) groups is 1. The van der Waals surface area contributed by atoms with E-state index in [9.17, 15) is 4.79 Å². The molecule has 2 nitrogen and oxygen atoms in total. The first-order valence-electron chi connectivity index (χ1n) is 6.54. The third kappa shape index (κ3) is 5.31. The minimum absolute atomic E-state index is 0.314. The number of rotatable bonds is 7. The first-order valence-corrected chi connectivity index (χ1v) is 6.54. The molecule has 0 aromatic heterocycles. The molecule has 0 aromatic carbocycles. The van der Waals surface area contributed by atoms with E-state index >= 15 is 0 Å². The zero-order valence-corrected chi connectivity index (χ0v) is 10.1. The average Bonchev–Trinajstić information content (AvgIpc) is 2.29. The predicted molar refractivity (Wildman–Crippen MR) is 64.0 cm³/mol.